The van der Waals surface area contributed by atoms with Crippen molar-refractivity contribution in [3.63, 3.8) is 0 Å². The molecule has 0 spiro atoms. The second kappa shape index (κ2) is 5.98. The molecule has 0 aromatic rings. The molecule has 14 heavy (non-hydrogen) atoms. The molecule has 0 aromatic heterocycles. The Kier molecular flexibility index (Phi) is 4.90. The van der Waals surface area contributed by atoms with E-state index in [9.17, 15) is 4.79 Å². The van der Waals surface area contributed by atoms with Crippen molar-refractivity contribution in [2.45, 2.75) is 44.7 Å². The molecule has 3 N–H and O–H groups in total. The van der Waals surface area contributed by atoms with Crippen molar-refractivity contribution in [3.8, 4) is 0 Å². The van der Waals surface area contributed by atoms with Crippen LogP contribution in [0.25, 0.3) is 0 Å². The first-order valence-corrected chi connectivity index (χ1v) is 5.36. The first-order chi connectivity index (χ1) is 6.72. The zero-order chi connectivity index (χ0) is 10.4. The van der Waals surface area contributed by atoms with Crippen molar-refractivity contribution in [2.75, 3.05) is 13.2 Å². The molecule has 0 heterocycles. The number of hydrogen-bond acceptors (Lipinski definition) is 3. The van der Waals surface area contributed by atoms with E-state index in [0.717, 1.165) is 12.8 Å². The molecular weight excluding hydrogens is 180 g/mol. The Labute approximate surface area is 85.1 Å². The molecule has 0 radical (unpaired) electrons. The summed E-state index contributed by atoms with van der Waals surface area (Å²) in [5.41, 5.74) is 0. The Balaban J connectivity index is 1.99. The van der Waals surface area contributed by atoms with Crippen LogP contribution in [-0.2, 0) is 4.79 Å². The molecule has 1 saturated carbocycles. The van der Waals surface area contributed by atoms with Gasteiger partial charge in [0.15, 0.2) is 0 Å². The van der Waals surface area contributed by atoms with Crippen molar-refractivity contribution in [2.24, 2.45) is 0 Å². The van der Waals surface area contributed by atoms with Gasteiger partial charge in [0.1, 0.15) is 0 Å². The molecule has 1 amide bonds. The smallest absolute Gasteiger partial charge is 0.234 e. The van der Waals surface area contributed by atoms with E-state index in [-0.39, 0.29) is 18.6 Å². The van der Waals surface area contributed by atoms with Crippen LogP contribution in [-0.4, -0.2) is 36.2 Å². The first kappa shape index (κ1) is 11.5. The number of aliphatic hydroxyl groups is 1. The molecule has 0 aliphatic heterocycles. The van der Waals surface area contributed by atoms with E-state index in [1.165, 1.54) is 12.8 Å². The maximum atomic E-state index is 11.3. The fourth-order valence-corrected chi connectivity index (χ4v) is 1.32. The summed E-state index contributed by atoms with van der Waals surface area (Å²) >= 11 is 0. The predicted molar refractivity (Wildman–Crippen MR) is 54.9 cm³/mol. The van der Waals surface area contributed by atoms with Crippen LogP contribution in [0.3, 0.4) is 0 Å². The van der Waals surface area contributed by atoms with Gasteiger partial charge in [0.25, 0.3) is 0 Å². The number of hydrogen-bond donors (Lipinski definition) is 3. The summed E-state index contributed by atoms with van der Waals surface area (Å²) in [4.78, 5) is 11.3. The number of amides is 1. The second-order valence-corrected chi connectivity index (χ2v) is 3.99. The van der Waals surface area contributed by atoms with Gasteiger partial charge in [-0.1, -0.05) is 0 Å². The van der Waals surface area contributed by atoms with Crippen molar-refractivity contribution in [1.82, 2.24) is 10.6 Å². The van der Waals surface area contributed by atoms with Gasteiger partial charge in [-0.25, -0.2) is 0 Å². The maximum absolute atomic E-state index is 11.3. The lowest BCUT2D eigenvalue weighted by molar-refractivity contribution is -0.120. The van der Waals surface area contributed by atoms with Crippen LogP contribution >= 0.6 is 0 Å². The highest BCUT2D eigenvalue weighted by molar-refractivity contribution is 5.78. The van der Waals surface area contributed by atoms with Crippen LogP contribution in [0.4, 0.5) is 0 Å². The van der Waals surface area contributed by atoms with E-state index < -0.39 is 0 Å². The molecule has 1 atom stereocenters. The van der Waals surface area contributed by atoms with Gasteiger partial charge in [-0.3, -0.25) is 4.79 Å². The molecule has 1 rings (SSSR count). The molecule has 0 bridgehead atoms. The van der Waals surface area contributed by atoms with Crippen molar-refractivity contribution >= 4 is 5.91 Å². The fourth-order valence-electron chi connectivity index (χ4n) is 1.32. The van der Waals surface area contributed by atoms with Gasteiger partial charge in [0.2, 0.25) is 5.91 Å². The van der Waals surface area contributed by atoms with Crippen LogP contribution < -0.4 is 10.6 Å². The Bertz CT molecular complexity index is 181. The summed E-state index contributed by atoms with van der Waals surface area (Å²) in [6.45, 7) is 2.58. The van der Waals surface area contributed by atoms with E-state index in [0.29, 0.717) is 12.6 Å². The monoisotopic (exact) mass is 200 g/mol. The largest absolute Gasteiger partial charge is 0.396 e. The van der Waals surface area contributed by atoms with E-state index in [4.69, 9.17) is 5.11 Å². The Morgan fingerprint density at radius 1 is 1.57 bits per heavy atom. The minimum Gasteiger partial charge on any atom is -0.396 e. The topological polar surface area (TPSA) is 61.4 Å². The van der Waals surface area contributed by atoms with Gasteiger partial charge in [0, 0.05) is 18.7 Å². The molecule has 4 nitrogen and oxygen atoms in total. The van der Waals surface area contributed by atoms with Crippen LogP contribution in [0, 0.1) is 0 Å². The van der Waals surface area contributed by atoms with E-state index >= 15 is 0 Å². The fraction of sp³-hybridized carbons (Fsp3) is 0.900. The van der Waals surface area contributed by atoms with E-state index in [1.54, 1.807) is 0 Å². The SMILES string of the molecule is CC(CCCO)NC(=O)CNC1CC1. The van der Waals surface area contributed by atoms with Crippen LogP contribution in [0.1, 0.15) is 32.6 Å². The van der Waals surface area contributed by atoms with E-state index in [1.807, 2.05) is 6.92 Å². The highest BCUT2D eigenvalue weighted by Gasteiger charge is 2.21. The quantitative estimate of drug-likeness (QED) is 0.543. The minimum absolute atomic E-state index is 0.0577. The summed E-state index contributed by atoms with van der Waals surface area (Å²) in [6, 6.07) is 0.740. The molecule has 1 aliphatic rings. The highest BCUT2D eigenvalue weighted by Crippen LogP contribution is 2.17. The van der Waals surface area contributed by atoms with Gasteiger partial charge in [-0.2, -0.15) is 0 Å². The molecule has 1 aliphatic carbocycles. The lowest BCUT2D eigenvalue weighted by atomic mass is 10.2. The molecular formula is C10H20N2O2. The van der Waals surface area contributed by atoms with Gasteiger partial charge >= 0.3 is 0 Å². The number of rotatable bonds is 7. The third kappa shape index (κ3) is 5.19. The predicted octanol–water partition coefficient (Wildman–Crippen LogP) is 0.0156. The Hall–Kier alpha value is -0.610. The van der Waals surface area contributed by atoms with Crippen molar-refractivity contribution in [1.29, 1.82) is 0 Å². The third-order valence-electron chi connectivity index (χ3n) is 2.33. The summed E-state index contributed by atoms with van der Waals surface area (Å²) in [5, 5.41) is 14.7. The minimum atomic E-state index is 0.0577. The Morgan fingerprint density at radius 3 is 2.86 bits per heavy atom. The van der Waals surface area contributed by atoms with Crippen LogP contribution in [0.5, 0.6) is 0 Å². The van der Waals surface area contributed by atoms with Crippen LogP contribution in [0.15, 0.2) is 0 Å². The zero-order valence-electron chi connectivity index (χ0n) is 8.75. The second-order valence-electron chi connectivity index (χ2n) is 3.99. The number of nitrogens with one attached hydrogen (secondary N) is 2. The summed E-state index contributed by atoms with van der Waals surface area (Å²) in [5.74, 6) is 0.0577. The third-order valence-corrected chi connectivity index (χ3v) is 2.33. The number of aliphatic hydroxyl groups excluding tert-OH is 1. The summed E-state index contributed by atoms with van der Waals surface area (Å²) < 4.78 is 0. The van der Waals surface area contributed by atoms with Gasteiger partial charge in [0.05, 0.1) is 6.54 Å². The number of carbonyl (C=O) groups is 1. The average molecular weight is 200 g/mol. The van der Waals surface area contributed by atoms with Gasteiger partial charge in [-0.05, 0) is 32.6 Å². The van der Waals surface area contributed by atoms with Gasteiger partial charge < -0.3 is 15.7 Å². The summed E-state index contributed by atoms with van der Waals surface area (Å²) in [7, 11) is 0. The number of carbonyl (C=O) groups excluding carboxylic acids is 1. The van der Waals surface area contributed by atoms with Gasteiger partial charge in [-0.15, -0.1) is 0 Å². The molecule has 1 unspecified atom stereocenters. The van der Waals surface area contributed by atoms with Crippen molar-refractivity contribution < 1.29 is 9.90 Å². The normalized spacial score (nSPS) is 17.9. The first-order valence-electron chi connectivity index (χ1n) is 5.36. The Morgan fingerprint density at radius 2 is 2.29 bits per heavy atom. The zero-order valence-corrected chi connectivity index (χ0v) is 8.75. The summed E-state index contributed by atoms with van der Waals surface area (Å²) in [6.07, 6.45) is 3.99. The molecule has 82 valence electrons. The molecule has 1 fully saturated rings. The molecule has 0 saturated heterocycles. The standard InChI is InChI=1S/C10H20N2O2/c1-8(3-2-6-13)12-10(14)7-11-9-4-5-9/h8-9,11,13H,2-7H2,1H3,(H,12,14). The molecule has 4 heteroatoms. The highest BCUT2D eigenvalue weighted by atomic mass is 16.2. The van der Waals surface area contributed by atoms with Crippen molar-refractivity contribution in [3.05, 3.63) is 0 Å². The molecule has 0 aromatic carbocycles. The van der Waals surface area contributed by atoms with E-state index in [2.05, 4.69) is 10.6 Å². The average Bonchev–Trinajstić information content (AvgIpc) is 2.95. The lowest BCUT2D eigenvalue weighted by Gasteiger charge is -2.13. The lowest BCUT2D eigenvalue weighted by Crippen LogP contribution is -2.39. The maximum Gasteiger partial charge on any atom is 0.234 e. The van der Waals surface area contributed by atoms with Crippen LogP contribution in [0.2, 0.25) is 0 Å².